The van der Waals surface area contributed by atoms with Crippen LogP contribution in [0.15, 0.2) is 18.2 Å². The number of hydrogen-bond donors (Lipinski definition) is 2. The molecule has 0 fully saturated rings. The lowest BCUT2D eigenvalue weighted by atomic mass is 10.1. The van der Waals surface area contributed by atoms with Crippen molar-refractivity contribution >= 4 is 17.3 Å². The van der Waals surface area contributed by atoms with Gasteiger partial charge in [-0.25, -0.2) is 0 Å². The van der Waals surface area contributed by atoms with Crippen molar-refractivity contribution in [1.82, 2.24) is 0 Å². The lowest BCUT2D eigenvalue weighted by Crippen LogP contribution is -2.48. The molecular weight excluding hydrogens is 204 g/mol. The number of nitrogens with one attached hydrogen (secondary N) is 1. The van der Waals surface area contributed by atoms with Crippen molar-refractivity contribution in [2.75, 3.05) is 10.2 Å². The maximum atomic E-state index is 12.0. The van der Waals surface area contributed by atoms with Crippen molar-refractivity contribution in [3.8, 4) is 5.75 Å². The second kappa shape index (κ2) is 3.70. The normalized spacial score (nSPS) is 19.6. The molecule has 0 saturated heterocycles. The Kier molecular flexibility index (Phi) is 2.50. The van der Waals surface area contributed by atoms with Gasteiger partial charge < -0.3 is 15.3 Å². The summed E-state index contributed by atoms with van der Waals surface area (Å²) >= 11 is 0. The zero-order valence-corrected chi connectivity index (χ0v) is 9.69. The molecule has 2 rings (SSSR count). The Morgan fingerprint density at radius 1 is 1.44 bits per heavy atom. The Hall–Kier alpha value is -1.71. The van der Waals surface area contributed by atoms with E-state index < -0.39 is 0 Å². The topological polar surface area (TPSA) is 52.6 Å². The fourth-order valence-corrected chi connectivity index (χ4v) is 2.03. The molecule has 1 unspecified atom stereocenters. The summed E-state index contributed by atoms with van der Waals surface area (Å²) in [5, 5.41) is 12.9. The lowest BCUT2D eigenvalue weighted by molar-refractivity contribution is -0.119. The van der Waals surface area contributed by atoms with E-state index in [0.29, 0.717) is 5.69 Å². The SMILES string of the molecule is CC1Nc2cccc(O)c2N(C(C)C)C1=O. The first-order valence-corrected chi connectivity index (χ1v) is 5.44. The van der Waals surface area contributed by atoms with Crippen LogP contribution in [0.4, 0.5) is 11.4 Å². The molecule has 1 aliphatic heterocycles. The monoisotopic (exact) mass is 220 g/mol. The number of para-hydroxylation sites is 1. The maximum absolute atomic E-state index is 12.0. The number of phenolic OH excluding ortho intramolecular Hbond substituents is 1. The molecule has 2 N–H and O–H groups in total. The van der Waals surface area contributed by atoms with E-state index >= 15 is 0 Å². The van der Waals surface area contributed by atoms with Gasteiger partial charge in [-0.15, -0.1) is 0 Å². The Labute approximate surface area is 94.9 Å². The average Bonchev–Trinajstić information content (AvgIpc) is 2.20. The van der Waals surface area contributed by atoms with Crippen molar-refractivity contribution in [3.05, 3.63) is 18.2 Å². The van der Waals surface area contributed by atoms with Crippen molar-refractivity contribution < 1.29 is 9.90 Å². The van der Waals surface area contributed by atoms with Gasteiger partial charge in [0.05, 0.1) is 5.69 Å². The van der Waals surface area contributed by atoms with Gasteiger partial charge in [0, 0.05) is 6.04 Å². The van der Waals surface area contributed by atoms with Gasteiger partial charge in [0.25, 0.3) is 0 Å². The molecule has 0 aromatic heterocycles. The Morgan fingerprint density at radius 2 is 2.12 bits per heavy atom. The number of hydrogen-bond acceptors (Lipinski definition) is 3. The summed E-state index contributed by atoms with van der Waals surface area (Å²) in [6.45, 7) is 5.70. The van der Waals surface area contributed by atoms with Gasteiger partial charge in [0.2, 0.25) is 5.91 Å². The summed E-state index contributed by atoms with van der Waals surface area (Å²) in [7, 11) is 0. The first kappa shape index (κ1) is 10.8. The Balaban J connectivity index is 2.58. The molecule has 1 aromatic rings. The maximum Gasteiger partial charge on any atom is 0.249 e. The average molecular weight is 220 g/mol. The highest BCUT2D eigenvalue weighted by Crippen LogP contribution is 2.39. The fourth-order valence-electron chi connectivity index (χ4n) is 2.03. The van der Waals surface area contributed by atoms with E-state index in [1.807, 2.05) is 26.8 Å². The van der Waals surface area contributed by atoms with E-state index in [1.165, 1.54) is 0 Å². The number of phenols is 1. The molecule has 0 saturated carbocycles. The van der Waals surface area contributed by atoms with Crippen LogP contribution in [0.5, 0.6) is 5.75 Å². The molecule has 0 radical (unpaired) electrons. The van der Waals surface area contributed by atoms with Gasteiger partial charge in [-0.1, -0.05) is 6.07 Å². The number of benzene rings is 1. The van der Waals surface area contributed by atoms with Crippen LogP contribution >= 0.6 is 0 Å². The molecule has 1 atom stereocenters. The minimum Gasteiger partial charge on any atom is -0.506 e. The van der Waals surface area contributed by atoms with Gasteiger partial charge in [-0.2, -0.15) is 0 Å². The molecule has 4 nitrogen and oxygen atoms in total. The fraction of sp³-hybridized carbons (Fsp3) is 0.417. The predicted octanol–water partition coefficient (Wildman–Crippen LogP) is 1.95. The molecule has 1 aromatic carbocycles. The second-order valence-electron chi connectivity index (χ2n) is 4.34. The van der Waals surface area contributed by atoms with Gasteiger partial charge in [-0.05, 0) is 32.9 Å². The number of aromatic hydroxyl groups is 1. The standard InChI is InChI=1S/C12H16N2O2/c1-7(2)14-11-9(5-4-6-10(11)15)13-8(3)12(14)16/h4-8,13,15H,1-3H3. The molecule has 16 heavy (non-hydrogen) atoms. The molecule has 86 valence electrons. The molecule has 0 aliphatic carbocycles. The smallest absolute Gasteiger partial charge is 0.249 e. The third kappa shape index (κ3) is 1.50. The summed E-state index contributed by atoms with van der Waals surface area (Å²) in [6, 6.07) is 5.01. The van der Waals surface area contributed by atoms with Crippen LogP contribution in [-0.4, -0.2) is 23.1 Å². The van der Waals surface area contributed by atoms with Crippen molar-refractivity contribution in [1.29, 1.82) is 0 Å². The first-order chi connectivity index (χ1) is 7.52. The zero-order valence-electron chi connectivity index (χ0n) is 9.69. The summed E-state index contributed by atoms with van der Waals surface area (Å²) in [4.78, 5) is 13.7. The van der Waals surface area contributed by atoms with Crippen molar-refractivity contribution in [3.63, 3.8) is 0 Å². The molecule has 1 amide bonds. The summed E-state index contributed by atoms with van der Waals surface area (Å²) in [5.41, 5.74) is 1.39. The van der Waals surface area contributed by atoms with Crippen molar-refractivity contribution in [2.45, 2.75) is 32.9 Å². The minimum atomic E-state index is -0.253. The third-order valence-electron chi connectivity index (χ3n) is 2.75. The Morgan fingerprint density at radius 3 is 2.75 bits per heavy atom. The molecule has 1 aliphatic rings. The van der Waals surface area contributed by atoms with Crippen molar-refractivity contribution in [2.24, 2.45) is 0 Å². The first-order valence-electron chi connectivity index (χ1n) is 5.44. The van der Waals surface area contributed by atoms with Gasteiger partial charge >= 0.3 is 0 Å². The summed E-state index contributed by atoms with van der Waals surface area (Å²) in [6.07, 6.45) is 0. The number of anilines is 2. The third-order valence-corrected chi connectivity index (χ3v) is 2.75. The van der Waals surface area contributed by atoms with E-state index in [0.717, 1.165) is 5.69 Å². The van der Waals surface area contributed by atoms with Gasteiger partial charge in [0.15, 0.2) is 0 Å². The van der Waals surface area contributed by atoms with E-state index in [4.69, 9.17) is 0 Å². The van der Waals surface area contributed by atoms with E-state index in [9.17, 15) is 9.90 Å². The van der Waals surface area contributed by atoms with Crippen LogP contribution in [0.3, 0.4) is 0 Å². The Bertz CT molecular complexity index is 429. The van der Waals surface area contributed by atoms with Crippen LogP contribution in [0, 0.1) is 0 Å². The number of amides is 1. The molecular formula is C12H16N2O2. The van der Waals surface area contributed by atoms with Gasteiger partial charge in [-0.3, -0.25) is 4.79 Å². The highest BCUT2D eigenvalue weighted by Gasteiger charge is 2.32. The number of carbonyl (C=O) groups is 1. The number of rotatable bonds is 1. The van der Waals surface area contributed by atoms with E-state index in [-0.39, 0.29) is 23.7 Å². The van der Waals surface area contributed by atoms with E-state index in [2.05, 4.69) is 5.32 Å². The summed E-state index contributed by atoms with van der Waals surface area (Å²) < 4.78 is 0. The predicted molar refractivity (Wildman–Crippen MR) is 63.8 cm³/mol. The zero-order chi connectivity index (χ0) is 11.9. The molecule has 1 heterocycles. The number of nitrogens with zero attached hydrogens (tertiary/aromatic N) is 1. The number of fused-ring (bicyclic) bond motifs is 1. The van der Waals surface area contributed by atoms with Crippen LogP contribution < -0.4 is 10.2 Å². The lowest BCUT2D eigenvalue weighted by Gasteiger charge is -2.36. The highest BCUT2D eigenvalue weighted by molar-refractivity contribution is 6.06. The second-order valence-corrected chi connectivity index (χ2v) is 4.34. The van der Waals surface area contributed by atoms with Crippen LogP contribution in [-0.2, 0) is 4.79 Å². The summed E-state index contributed by atoms with van der Waals surface area (Å²) in [5.74, 6) is 0.128. The molecule has 0 spiro atoms. The van der Waals surface area contributed by atoms with Crippen LogP contribution in [0.2, 0.25) is 0 Å². The molecule has 4 heteroatoms. The quantitative estimate of drug-likeness (QED) is 0.760. The van der Waals surface area contributed by atoms with Crippen LogP contribution in [0.25, 0.3) is 0 Å². The van der Waals surface area contributed by atoms with E-state index in [1.54, 1.807) is 17.0 Å². The number of carbonyl (C=O) groups excluding carboxylic acids is 1. The largest absolute Gasteiger partial charge is 0.506 e. The van der Waals surface area contributed by atoms with Crippen LogP contribution in [0.1, 0.15) is 20.8 Å². The highest BCUT2D eigenvalue weighted by atomic mass is 16.3. The molecule has 0 bridgehead atoms. The van der Waals surface area contributed by atoms with Gasteiger partial charge in [0.1, 0.15) is 17.5 Å². The minimum absolute atomic E-state index is 0.0102.